The Morgan fingerprint density at radius 2 is 1.60 bits per heavy atom. The van der Waals surface area contributed by atoms with E-state index in [-0.39, 0.29) is 5.91 Å². The van der Waals surface area contributed by atoms with Crippen molar-refractivity contribution in [3.63, 3.8) is 0 Å². The number of rotatable bonds is 2. The molecule has 2 N–H and O–H groups in total. The molecule has 0 spiro atoms. The number of hydrogen-bond acceptors (Lipinski definition) is 4. The first-order valence-corrected chi connectivity index (χ1v) is 8.28. The Kier molecular flexibility index (Phi) is 5.09. The average Bonchev–Trinajstić information content (AvgIpc) is 2.62. The van der Waals surface area contributed by atoms with E-state index in [1.54, 1.807) is 58.3 Å². The SMILES string of the molecule is Nc1ccc(C(=O)N2CCN(C(=O)Oc3cccc(Cl)c3)CC2)cc1. The highest BCUT2D eigenvalue weighted by molar-refractivity contribution is 6.30. The molecule has 25 heavy (non-hydrogen) atoms. The second kappa shape index (κ2) is 7.44. The minimum absolute atomic E-state index is 0.0668. The van der Waals surface area contributed by atoms with Crippen LogP contribution in [0.15, 0.2) is 48.5 Å². The summed E-state index contributed by atoms with van der Waals surface area (Å²) in [5, 5.41) is 0.504. The first-order valence-electron chi connectivity index (χ1n) is 7.90. The normalized spacial score (nSPS) is 14.3. The van der Waals surface area contributed by atoms with Crippen molar-refractivity contribution < 1.29 is 14.3 Å². The minimum Gasteiger partial charge on any atom is -0.410 e. The molecular weight excluding hydrogens is 342 g/mol. The lowest BCUT2D eigenvalue weighted by molar-refractivity contribution is 0.0633. The molecule has 1 aliphatic rings. The Labute approximate surface area is 150 Å². The van der Waals surface area contributed by atoms with Gasteiger partial charge in [0, 0.05) is 42.5 Å². The molecule has 1 saturated heterocycles. The van der Waals surface area contributed by atoms with Crippen molar-refractivity contribution in [3.8, 4) is 5.75 Å². The van der Waals surface area contributed by atoms with Crippen molar-refractivity contribution in [2.45, 2.75) is 0 Å². The van der Waals surface area contributed by atoms with E-state index in [4.69, 9.17) is 22.1 Å². The molecule has 0 atom stereocenters. The molecule has 7 heteroatoms. The highest BCUT2D eigenvalue weighted by Crippen LogP contribution is 2.18. The standard InChI is InChI=1S/C18H18ClN3O3/c19-14-2-1-3-16(12-14)25-18(24)22-10-8-21(9-11-22)17(23)13-4-6-15(20)7-5-13/h1-7,12H,8-11,20H2. The van der Waals surface area contributed by atoms with Gasteiger partial charge in [0.25, 0.3) is 5.91 Å². The molecule has 2 amide bonds. The third-order valence-corrected chi connectivity index (χ3v) is 4.22. The molecule has 1 heterocycles. The van der Waals surface area contributed by atoms with Crippen LogP contribution in [-0.2, 0) is 0 Å². The fourth-order valence-electron chi connectivity index (χ4n) is 2.60. The highest BCUT2D eigenvalue weighted by atomic mass is 35.5. The predicted octanol–water partition coefficient (Wildman–Crippen LogP) is 2.88. The smallest absolute Gasteiger partial charge is 0.410 e. The Balaban J connectivity index is 1.55. The molecular formula is C18H18ClN3O3. The first kappa shape index (κ1) is 17.1. The van der Waals surface area contributed by atoms with Gasteiger partial charge in [0.1, 0.15) is 5.75 Å². The van der Waals surface area contributed by atoms with Gasteiger partial charge in [0.2, 0.25) is 0 Å². The van der Waals surface area contributed by atoms with Crippen LogP contribution in [0.3, 0.4) is 0 Å². The fraction of sp³-hybridized carbons (Fsp3) is 0.222. The van der Waals surface area contributed by atoms with E-state index in [1.165, 1.54) is 0 Å². The quantitative estimate of drug-likeness (QED) is 0.836. The molecule has 6 nitrogen and oxygen atoms in total. The summed E-state index contributed by atoms with van der Waals surface area (Å²) in [6.45, 7) is 1.74. The number of hydrogen-bond donors (Lipinski definition) is 1. The van der Waals surface area contributed by atoms with Crippen LogP contribution in [-0.4, -0.2) is 48.0 Å². The van der Waals surface area contributed by atoms with E-state index in [0.29, 0.717) is 48.2 Å². The maximum absolute atomic E-state index is 12.5. The van der Waals surface area contributed by atoms with Crippen LogP contribution in [0.25, 0.3) is 0 Å². The molecule has 0 bridgehead atoms. The van der Waals surface area contributed by atoms with Gasteiger partial charge in [-0.15, -0.1) is 0 Å². The van der Waals surface area contributed by atoms with Crippen LogP contribution in [0.1, 0.15) is 10.4 Å². The van der Waals surface area contributed by atoms with E-state index in [0.717, 1.165) is 0 Å². The van der Waals surface area contributed by atoms with E-state index in [1.807, 2.05) is 0 Å². The van der Waals surface area contributed by atoms with E-state index >= 15 is 0 Å². The molecule has 2 aromatic rings. The second-order valence-electron chi connectivity index (χ2n) is 5.73. The van der Waals surface area contributed by atoms with E-state index in [2.05, 4.69) is 0 Å². The van der Waals surface area contributed by atoms with E-state index in [9.17, 15) is 9.59 Å². The topological polar surface area (TPSA) is 75.9 Å². The Hall–Kier alpha value is -2.73. The lowest BCUT2D eigenvalue weighted by Gasteiger charge is -2.34. The molecule has 1 fully saturated rings. The number of benzene rings is 2. The number of piperazine rings is 1. The zero-order chi connectivity index (χ0) is 17.8. The monoisotopic (exact) mass is 359 g/mol. The van der Waals surface area contributed by atoms with Gasteiger partial charge in [-0.3, -0.25) is 4.79 Å². The maximum Gasteiger partial charge on any atom is 0.415 e. The van der Waals surface area contributed by atoms with Crippen LogP contribution in [0.5, 0.6) is 5.75 Å². The number of amides is 2. The van der Waals surface area contributed by atoms with Crippen LogP contribution < -0.4 is 10.5 Å². The number of nitrogen functional groups attached to an aromatic ring is 1. The number of halogens is 1. The predicted molar refractivity (Wildman–Crippen MR) is 95.8 cm³/mol. The molecule has 0 aromatic heterocycles. The number of carbonyl (C=O) groups excluding carboxylic acids is 2. The van der Waals surface area contributed by atoms with Gasteiger partial charge >= 0.3 is 6.09 Å². The van der Waals surface area contributed by atoms with Gasteiger partial charge < -0.3 is 20.3 Å². The molecule has 0 unspecified atom stereocenters. The highest BCUT2D eigenvalue weighted by Gasteiger charge is 2.26. The van der Waals surface area contributed by atoms with Crippen LogP contribution in [0.2, 0.25) is 5.02 Å². The molecule has 0 radical (unpaired) electrons. The number of carbonyl (C=O) groups is 2. The van der Waals surface area contributed by atoms with Crippen LogP contribution in [0.4, 0.5) is 10.5 Å². The number of nitrogens with two attached hydrogens (primary N) is 1. The van der Waals surface area contributed by atoms with Crippen LogP contribution >= 0.6 is 11.6 Å². The molecule has 3 rings (SSSR count). The zero-order valence-electron chi connectivity index (χ0n) is 13.5. The molecule has 1 aliphatic heterocycles. The molecule has 0 saturated carbocycles. The summed E-state index contributed by atoms with van der Waals surface area (Å²) in [6, 6.07) is 13.5. The summed E-state index contributed by atoms with van der Waals surface area (Å²) in [5.41, 5.74) is 6.84. The fourth-order valence-corrected chi connectivity index (χ4v) is 2.78. The molecule has 2 aromatic carbocycles. The second-order valence-corrected chi connectivity index (χ2v) is 6.16. The largest absolute Gasteiger partial charge is 0.415 e. The third-order valence-electron chi connectivity index (χ3n) is 3.98. The summed E-state index contributed by atoms with van der Waals surface area (Å²) >= 11 is 5.88. The van der Waals surface area contributed by atoms with Gasteiger partial charge in [-0.1, -0.05) is 17.7 Å². The van der Waals surface area contributed by atoms with Crippen LogP contribution in [0, 0.1) is 0 Å². The molecule has 0 aliphatic carbocycles. The van der Waals surface area contributed by atoms with Gasteiger partial charge in [-0.05, 0) is 42.5 Å². The lowest BCUT2D eigenvalue weighted by atomic mass is 10.1. The number of nitrogens with zero attached hydrogens (tertiary/aromatic N) is 2. The van der Waals surface area contributed by atoms with Crippen molar-refractivity contribution >= 4 is 29.3 Å². The number of ether oxygens (including phenoxy) is 1. The van der Waals surface area contributed by atoms with Crippen molar-refractivity contribution in [2.24, 2.45) is 0 Å². The zero-order valence-corrected chi connectivity index (χ0v) is 14.3. The van der Waals surface area contributed by atoms with Gasteiger partial charge in [-0.25, -0.2) is 4.79 Å². The van der Waals surface area contributed by atoms with Crippen molar-refractivity contribution in [3.05, 3.63) is 59.1 Å². The third kappa shape index (κ3) is 4.22. The maximum atomic E-state index is 12.5. The van der Waals surface area contributed by atoms with E-state index < -0.39 is 6.09 Å². The lowest BCUT2D eigenvalue weighted by Crippen LogP contribution is -2.51. The molecule has 130 valence electrons. The van der Waals surface area contributed by atoms with Gasteiger partial charge in [0.05, 0.1) is 0 Å². The summed E-state index contributed by atoms with van der Waals surface area (Å²) in [7, 11) is 0. The first-order chi connectivity index (χ1) is 12.0. The van der Waals surface area contributed by atoms with Gasteiger partial charge in [0.15, 0.2) is 0 Å². The van der Waals surface area contributed by atoms with Crippen molar-refractivity contribution in [2.75, 3.05) is 31.9 Å². The minimum atomic E-state index is -0.443. The Morgan fingerprint density at radius 1 is 0.960 bits per heavy atom. The summed E-state index contributed by atoms with van der Waals surface area (Å²) in [5.74, 6) is 0.334. The van der Waals surface area contributed by atoms with Gasteiger partial charge in [-0.2, -0.15) is 0 Å². The summed E-state index contributed by atoms with van der Waals surface area (Å²) in [6.07, 6.45) is -0.443. The van der Waals surface area contributed by atoms with Crippen molar-refractivity contribution in [1.29, 1.82) is 0 Å². The summed E-state index contributed by atoms with van der Waals surface area (Å²) in [4.78, 5) is 28.0. The Bertz CT molecular complexity index is 771. The average molecular weight is 360 g/mol. The summed E-state index contributed by atoms with van der Waals surface area (Å²) < 4.78 is 5.31. The Morgan fingerprint density at radius 3 is 2.24 bits per heavy atom. The number of anilines is 1. The van der Waals surface area contributed by atoms with Crippen molar-refractivity contribution in [1.82, 2.24) is 9.80 Å².